The summed E-state index contributed by atoms with van der Waals surface area (Å²) in [5.41, 5.74) is 0. The van der Waals surface area contributed by atoms with E-state index in [0.717, 1.165) is 36.5 Å². The summed E-state index contributed by atoms with van der Waals surface area (Å²) in [7, 11) is 0. The van der Waals surface area contributed by atoms with E-state index in [-0.39, 0.29) is 0 Å². The maximum absolute atomic E-state index is 11.3. The Labute approximate surface area is 73.5 Å². The van der Waals surface area contributed by atoms with Crippen molar-refractivity contribution in [1.82, 2.24) is 0 Å². The van der Waals surface area contributed by atoms with Crippen LogP contribution in [-0.4, -0.2) is 5.78 Å². The first kappa shape index (κ1) is 7.11. The number of hydrogen-bond donors (Lipinski definition) is 0. The number of carbonyl (C=O) groups excluding carboxylic acids is 1. The third-order valence-corrected chi connectivity index (χ3v) is 4.38. The Kier molecular flexibility index (Phi) is 1.38. The summed E-state index contributed by atoms with van der Waals surface area (Å²) in [6.07, 6.45) is 7.40. The van der Waals surface area contributed by atoms with Crippen LogP contribution in [0.1, 0.15) is 38.5 Å². The molecule has 2 atom stereocenters. The summed E-state index contributed by atoms with van der Waals surface area (Å²) in [6, 6.07) is 0. The maximum atomic E-state index is 11.3. The molecule has 0 spiro atoms. The Balaban J connectivity index is 1.79. The SMILES string of the molecule is O=C1CCC2CC3CC(C3)C2C1. The van der Waals surface area contributed by atoms with Gasteiger partial charge < -0.3 is 0 Å². The number of ketones is 1. The van der Waals surface area contributed by atoms with Gasteiger partial charge in [0.2, 0.25) is 0 Å². The van der Waals surface area contributed by atoms with E-state index >= 15 is 0 Å². The molecule has 66 valence electrons. The molecular weight excluding hydrogens is 148 g/mol. The quantitative estimate of drug-likeness (QED) is 0.537. The van der Waals surface area contributed by atoms with E-state index in [1.807, 2.05) is 0 Å². The summed E-state index contributed by atoms with van der Waals surface area (Å²) in [5, 5.41) is 0. The van der Waals surface area contributed by atoms with Crippen LogP contribution in [0.2, 0.25) is 0 Å². The average Bonchev–Trinajstić information content (AvgIpc) is 2.01. The minimum Gasteiger partial charge on any atom is -0.300 e. The van der Waals surface area contributed by atoms with Gasteiger partial charge in [0, 0.05) is 12.8 Å². The number of hydrogen-bond acceptors (Lipinski definition) is 1. The van der Waals surface area contributed by atoms with Crippen LogP contribution in [0, 0.1) is 23.7 Å². The zero-order chi connectivity index (χ0) is 8.13. The first-order valence-corrected chi connectivity index (χ1v) is 5.34. The molecule has 0 radical (unpaired) electrons. The summed E-state index contributed by atoms with van der Waals surface area (Å²) in [6.45, 7) is 0. The lowest BCUT2D eigenvalue weighted by atomic mass is 9.52. The minimum atomic E-state index is 0.543. The molecule has 4 aliphatic rings. The van der Waals surface area contributed by atoms with Crippen molar-refractivity contribution in [2.75, 3.05) is 0 Å². The van der Waals surface area contributed by atoms with Crippen molar-refractivity contribution >= 4 is 5.78 Å². The zero-order valence-corrected chi connectivity index (χ0v) is 7.46. The Hall–Kier alpha value is -0.330. The second-order valence-corrected chi connectivity index (χ2v) is 5.04. The van der Waals surface area contributed by atoms with Crippen LogP contribution in [-0.2, 0) is 4.79 Å². The van der Waals surface area contributed by atoms with E-state index < -0.39 is 0 Å². The fourth-order valence-corrected chi connectivity index (χ4v) is 3.69. The normalized spacial score (nSPS) is 51.2. The van der Waals surface area contributed by atoms with E-state index in [2.05, 4.69) is 0 Å². The highest BCUT2D eigenvalue weighted by atomic mass is 16.1. The van der Waals surface area contributed by atoms with Gasteiger partial charge in [-0.3, -0.25) is 4.79 Å². The molecule has 1 heteroatoms. The number of rotatable bonds is 0. The lowest BCUT2D eigenvalue weighted by Gasteiger charge is -2.52. The molecule has 1 nitrogen and oxygen atoms in total. The highest BCUT2D eigenvalue weighted by Gasteiger charge is 2.47. The van der Waals surface area contributed by atoms with Gasteiger partial charge >= 0.3 is 0 Å². The average molecular weight is 164 g/mol. The Bertz CT molecular complexity index is 215. The molecule has 2 bridgehead atoms. The zero-order valence-electron chi connectivity index (χ0n) is 7.46. The highest BCUT2D eigenvalue weighted by Crippen LogP contribution is 2.55. The van der Waals surface area contributed by atoms with E-state index in [4.69, 9.17) is 0 Å². The first-order valence-electron chi connectivity index (χ1n) is 5.34. The predicted octanol–water partition coefficient (Wildman–Crippen LogP) is 2.40. The van der Waals surface area contributed by atoms with Crippen LogP contribution in [0.25, 0.3) is 0 Å². The summed E-state index contributed by atoms with van der Waals surface area (Å²) < 4.78 is 0. The molecule has 4 fully saturated rings. The maximum Gasteiger partial charge on any atom is 0.133 e. The smallest absolute Gasteiger partial charge is 0.133 e. The topological polar surface area (TPSA) is 17.1 Å². The number of Topliss-reactive ketones (excluding diaryl/α,β-unsaturated/α-hetero) is 1. The molecule has 2 unspecified atom stereocenters. The third kappa shape index (κ3) is 0.884. The monoisotopic (exact) mass is 164 g/mol. The van der Waals surface area contributed by atoms with Crippen molar-refractivity contribution in [2.45, 2.75) is 38.5 Å². The molecule has 0 aromatic heterocycles. The van der Waals surface area contributed by atoms with Crippen molar-refractivity contribution in [3.8, 4) is 0 Å². The minimum absolute atomic E-state index is 0.543. The van der Waals surface area contributed by atoms with Crippen molar-refractivity contribution in [3.63, 3.8) is 0 Å². The Morgan fingerprint density at radius 2 is 1.83 bits per heavy atom. The predicted molar refractivity (Wildman–Crippen MR) is 46.7 cm³/mol. The van der Waals surface area contributed by atoms with Gasteiger partial charge in [0.1, 0.15) is 5.78 Å². The van der Waals surface area contributed by atoms with Gasteiger partial charge in [-0.25, -0.2) is 0 Å². The lowest BCUT2D eigenvalue weighted by Crippen LogP contribution is -2.45. The molecule has 0 saturated heterocycles. The Morgan fingerprint density at radius 3 is 2.67 bits per heavy atom. The van der Waals surface area contributed by atoms with Gasteiger partial charge in [0.25, 0.3) is 0 Å². The molecule has 0 heterocycles. The van der Waals surface area contributed by atoms with Crippen LogP contribution >= 0.6 is 0 Å². The van der Waals surface area contributed by atoms with Gasteiger partial charge in [-0.15, -0.1) is 0 Å². The van der Waals surface area contributed by atoms with Crippen LogP contribution in [0.5, 0.6) is 0 Å². The molecular formula is C11H16O. The molecule has 0 aromatic rings. The van der Waals surface area contributed by atoms with Gasteiger partial charge in [-0.2, -0.15) is 0 Å². The molecule has 4 rings (SSSR count). The third-order valence-electron chi connectivity index (χ3n) is 4.38. The van der Waals surface area contributed by atoms with Crippen molar-refractivity contribution in [1.29, 1.82) is 0 Å². The first-order chi connectivity index (χ1) is 5.83. The van der Waals surface area contributed by atoms with Crippen molar-refractivity contribution < 1.29 is 4.79 Å². The fraction of sp³-hybridized carbons (Fsp3) is 0.909. The molecule has 12 heavy (non-hydrogen) atoms. The fourth-order valence-electron chi connectivity index (χ4n) is 3.69. The molecule has 0 aliphatic heterocycles. The second kappa shape index (κ2) is 2.34. The van der Waals surface area contributed by atoms with Crippen LogP contribution in [0.4, 0.5) is 0 Å². The molecule has 0 N–H and O–H groups in total. The lowest BCUT2D eigenvalue weighted by molar-refractivity contribution is -0.128. The Morgan fingerprint density at radius 1 is 1.08 bits per heavy atom. The van der Waals surface area contributed by atoms with E-state index in [1.165, 1.54) is 25.7 Å². The van der Waals surface area contributed by atoms with E-state index in [0.29, 0.717) is 5.78 Å². The van der Waals surface area contributed by atoms with Gasteiger partial charge in [0.15, 0.2) is 0 Å². The highest BCUT2D eigenvalue weighted by molar-refractivity contribution is 5.79. The summed E-state index contributed by atoms with van der Waals surface area (Å²) in [5.74, 6) is 4.32. The molecule has 0 aromatic carbocycles. The standard InChI is InChI=1S/C11H16O/c12-10-2-1-8-3-7-4-9(5-7)11(8)6-10/h7-9,11H,1-6H2. The summed E-state index contributed by atoms with van der Waals surface area (Å²) >= 11 is 0. The van der Waals surface area contributed by atoms with Crippen LogP contribution in [0.3, 0.4) is 0 Å². The van der Waals surface area contributed by atoms with Gasteiger partial charge in [0.05, 0.1) is 0 Å². The van der Waals surface area contributed by atoms with Gasteiger partial charge in [-0.05, 0) is 49.4 Å². The van der Waals surface area contributed by atoms with Crippen molar-refractivity contribution in [3.05, 3.63) is 0 Å². The molecule has 0 amide bonds. The molecule has 4 saturated carbocycles. The summed E-state index contributed by atoms with van der Waals surface area (Å²) in [4.78, 5) is 11.3. The van der Waals surface area contributed by atoms with E-state index in [9.17, 15) is 4.79 Å². The van der Waals surface area contributed by atoms with Crippen molar-refractivity contribution in [2.24, 2.45) is 23.7 Å². The largest absolute Gasteiger partial charge is 0.300 e. The van der Waals surface area contributed by atoms with Gasteiger partial charge in [-0.1, -0.05) is 0 Å². The van der Waals surface area contributed by atoms with E-state index in [1.54, 1.807) is 0 Å². The number of carbonyl (C=O) groups is 1. The van der Waals surface area contributed by atoms with Crippen LogP contribution < -0.4 is 0 Å². The van der Waals surface area contributed by atoms with Crippen LogP contribution in [0.15, 0.2) is 0 Å². The second-order valence-electron chi connectivity index (χ2n) is 5.04. The molecule has 4 aliphatic carbocycles.